The van der Waals surface area contributed by atoms with E-state index in [-0.39, 0.29) is 0 Å². The van der Waals surface area contributed by atoms with E-state index in [2.05, 4.69) is 38.1 Å². The predicted octanol–water partition coefficient (Wildman–Crippen LogP) is 2.81. The van der Waals surface area contributed by atoms with Gasteiger partial charge in [-0.1, -0.05) is 23.7 Å². The fourth-order valence-electron chi connectivity index (χ4n) is 2.35. The van der Waals surface area contributed by atoms with Crippen molar-refractivity contribution in [3.8, 4) is 0 Å². The summed E-state index contributed by atoms with van der Waals surface area (Å²) in [5.74, 6) is 3.67. The molecule has 0 bridgehead atoms. The van der Waals surface area contributed by atoms with E-state index in [0.29, 0.717) is 6.54 Å². The Hall–Kier alpha value is -1.73. The van der Waals surface area contributed by atoms with Crippen LogP contribution in [-0.4, -0.2) is 45.8 Å². The Labute approximate surface area is 164 Å². The number of thioether (sulfide) groups is 1. The number of hydrogen-bond donors (Lipinski definition) is 2. The summed E-state index contributed by atoms with van der Waals surface area (Å²) < 4.78 is 1.96. The molecule has 1 aromatic carbocycles. The Morgan fingerprint density at radius 3 is 2.77 bits per heavy atom. The van der Waals surface area contributed by atoms with Gasteiger partial charge in [-0.05, 0) is 49.5 Å². The summed E-state index contributed by atoms with van der Waals surface area (Å²) in [5, 5.41) is 15.8. The van der Waals surface area contributed by atoms with Crippen molar-refractivity contribution in [2.45, 2.75) is 26.3 Å². The molecular weight excluding hydrogens is 368 g/mol. The molecule has 0 aliphatic heterocycles. The molecule has 1 aromatic heterocycles. The van der Waals surface area contributed by atoms with E-state index < -0.39 is 0 Å². The molecule has 6 nitrogen and oxygen atoms in total. The first-order chi connectivity index (χ1) is 12.6. The largest absolute Gasteiger partial charge is 0.356 e. The molecule has 0 radical (unpaired) electrons. The summed E-state index contributed by atoms with van der Waals surface area (Å²) >= 11 is 7.90. The zero-order valence-electron chi connectivity index (χ0n) is 15.6. The predicted molar refractivity (Wildman–Crippen MR) is 111 cm³/mol. The summed E-state index contributed by atoms with van der Waals surface area (Å²) in [6, 6.07) is 7.94. The Kier molecular flexibility index (Phi) is 8.77. The minimum Gasteiger partial charge on any atom is -0.356 e. The minimum atomic E-state index is 0.492. The van der Waals surface area contributed by atoms with Gasteiger partial charge in [-0.2, -0.15) is 11.8 Å². The SMILES string of the molecule is CSCCCNC(=NCc1nnc(C)n1C)NCCc1cccc(Cl)c1. The van der Waals surface area contributed by atoms with Crippen LogP contribution in [0.25, 0.3) is 0 Å². The molecule has 0 fully saturated rings. The first-order valence-electron chi connectivity index (χ1n) is 8.70. The average molecular weight is 395 g/mol. The molecule has 0 atom stereocenters. The zero-order valence-corrected chi connectivity index (χ0v) is 17.2. The van der Waals surface area contributed by atoms with E-state index in [0.717, 1.165) is 54.3 Å². The molecule has 0 unspecified atom stereocenters. The summed E-state index contributed by atoms with van der Waals surface area (Å²) in [7, 11) is 1.96. The van der Waals surface area contributed by atoms with Crippen LogP contribution in [0.5, 0.6) is 0 Å². The van der Waals surface area contributed by atoms with Crippen LogP contribution in [0, 0.1) is 6.92 Å². The maximum atomic E-state index is 6.05. The number of nitrogens with zero attached hydrogens (tertiary/aromatic N) is 4. The first-order valence-corrected chi connectivity index (χ1v) is 10.5. The van der Waals surface area contributed by atoms with Gasteiger partial charge in [0, 0.05) is 25.2 Å². The molecule has 2 N–H and O–H groups in total. The number of nitrogens with one attached hydrogen (secondary N) is 2. The van der Waals surface area contributed by atoms with Gasteiger partial charge in [-0.3, -0.25) is 0 Å². The van der Waals surface area contributed by atoms with E-state index in [1.807, 2.05) is 48.5 Å². The quantitative estimate of drug-likeness (QED) is 0.389. The maximum absolute atomic E-state index is 6.05. The van der Waals surface area contributed by atoms with Crippen LogP contribution >= 0.6 is 23.4 Å². The number of rotatable bonds is 9. The third-order valence-corrected chi connectivity index (χ3v) is 4.91. The maximum Gasteiger partial charge on any atom is 0.191 e. The fourth-order valence-corrected chi connectivity index (χ4v) is 3.00. The second-order valence-electron chi connectivity index (χ2n) is 5.97. The average Bonchev–Trinajstić information content (AvgIpc) is 2.94. The van der Waals surface area contributed by atoms with Gasteiger partial charge in [0.15, 0.2) is 11.8 Å². The summed E-state index contributed by atoms with van der Waals surface area (Å²) in [6.07, 6.45) is 4.10. The Morgan fingerprint density at radius 2 is 2.08 bits per heavy atom. The lowest BCUT2D eigenvalue weighted by atomic mass is 10.1. The highest BCUT2D eigenvalue weighted by Crippen LogP contribution is 2.10. The van der Waals surface area contributed by atoms with Crippen molar-refractivity contribution in [2.24, 2.45) is 12.0 Å². The van der Waals surface area contributed by atoms with Crippen LogP contribution in [0.15, 0.2) is 29.3 Å². The summed E-state index contributed by atoms with van der Waals surface area (Å²) in [6.45, 7) is 4.10. The lowest BCUT2D eigenvalue weighted by molar-refractivity contribution is 0.742. The van der Waals surface area contributed by atoms with Gasteiger partial charge in [0.2, 0.25) is 0 Å². The van der Waals surface area contributed by atoms with Crippen LogP contribution in [0.4, 0.5) is 0 Å². The van der Waals surface area contributed by atoms with Crippen molar-refractivity contribution in [3.63, 3.8) is 0 Å². The van der Waals surface area contributed by atoms with Crippen molar-refractivity contribution in [3.05, 3.63) is 46.5 Å². The number of halogens is 1. The van der Waals surface area contributed by atoms with E-state index in [1.165, 1.54) is 5.56 Å². The Morgan fingerprint density at radius 1 is 1.27 bits per heavy atom. The second kappa shape index (κ2) is 11.1. The van der Waals surface area contributed by atoms with Gasteiger partial charge in [0.05, 0.1) is 0 Å². The van der Waals surface area contributed by atoms with Crippen molar-refractivity contribution in [1.29, 1.82) is 0 Å². The smallest absolute Gasteiger partial charge is 0.191 e. The van der Waals surface area contributed by atoms with E-state index >= 15 is 0 Å². The van der Waals surface area contributed by atoms with Crippen molar-refractivity contribution < 1.29 is 0 Å². The number of benzene rings is 1. The van der Waals surface area contributed by atoms with Gasteiger partial charge in [-0.25, -0.2) is 4.99 Å². The molecule has 1 heterocycles. The number of guanidine groups is 1. The minimum absolute atomic E-state index is 0.492. The second-order valence-corrected chi connectivity index (χ2v) is 7.39. The molecule has 0 saturated carbocycles. The van der Waals surface area contributed by atoms with E-state index in [4.69, 9.17) is 11.6 Å². The molecule has 2 aromatic rings. The number of aliphatic imine (C=N–C) groups is 1. The van der Waals surface area contributed by atoms with Gasteiger partial charge < -0.3 is 15.2 Å². The first kappa shape index (κ1) is 20.6. The molecule has 0 spiro atoms. The Bertz CT molecular complexity index is 715. The summed E-state index contributed by atoms with van der Waals surface area (Å²) in [5.41, 5.74) is 1.20. The van der Waals surface area contributed by atoms with Gasteiger partial charge in [0.25, 0.3) is 0 Å². The third kappa shape index (κ3) is 6.88. The van der Waals surface area contributed by atoms with Crippen LogP contribution in [0.2, 0.25) is 5.02 Å². The molecule has 0 saturated heterocycles. The topological polar surface area (TPSA) is 67.1 Å². The van der Waals surface area contributed by atoms with Gasteiger partial charge >= 0.3 is 0 Å². The molecule has 0 amide bonds. The molecule has 8 heteroatoms. The standard InChI is InChI=1S/C18H27ClN6S/c1-14-23-24-17(25(14)2)13-22-18(20-9-5-11-26-3)21-10-8-15-6-4-7-16(19)12-15/h4,6-7,12H,5,8-11,13H2,1-3H3,(H2,20,21,22). The van der Waals surface area contributed by atoms with Crippen molar-refractivity contribution >= 4 is 29.3 Å². The highest BCUT2D eigenvalue weighted by molar-refractivity contribution is 7.98. The Balaban J connectivity index is 1.91. The molecular formula is C18H27ClN6S. The van der Waals surface area contributed by atoms with Crippen LogP contribution in [-0.2, 0) is 20.0 Å². The highest BCUT2D eigenvalue weighted by Gasteiger charge is 2.05. The van der Waals surface area contributed by atoms with Crippen LogP contribution < -0.4 is 10.6 Å². The third-order valence-electron chi connectivity index (χ3n) is 3.97. The van der Waals surface area contributed by atoms with Crippen LogP contribution in [0.1, 0.15) is 23.6 Å². The zero-order chi connectivity index (χ0) is 18.8. The molecule has 0 aliphatic carbocycles. The van der Waals surface area contributed by atoms with Gasteiger partial charge in [0.1, 0.15) is 12.4 Å². The molecule has 26 heavy (non-hydrogen) atoms. The lowest BCUT2D eigenvalue weighted by Gasteiger charge is -2.12. The molecule has 0 aliphatic rings. The number of aromatic nitrogens is 3. The normalized spacial score (nSPS) is 11.6. The fraction of sp³-hybridized carbons (Fsp3) is 0.500. The number of aryl methyl sites for hydroxylation is 1. The lowest BCUT2D eigenvalue weighted by Crippen LogP contribution is -2.39. The van der Waals surface area contributed by atoms with Crippen molar-refractivity contribution in [2.75, 3.05) is 25.1 Å². The van der Waals surface area contributed by atoms with E-state index in [1.54, 1.807) is 0 Å². The highest BCUT2D eigenvalue weighted by atomic mass is 35.5. The molecule has 142 valence electrons. The monoisotopic (exact) mass is 394 g/mol. The van der Waals surface area contributed by atoms with E-state index in [9.17, 15) is 0 Å². The summed E-state index contributed by atoms with van der Waals surface area (Å²) in [4.78, 5) is 4.65. The number of hydrogen-bond acceptors (Lipinski definition) is 4. The molecule has 2 rings (SSSR count). The van der Waals surface area contributed by atoms with Crippen LogP contribution in [0.3, 0.4) is 0 Å². The van der Waals surface area contributed by atoms with Crippen molar-refractivity contribution in [1.82, 2.24) is 25.4 Å². The van der Waals surface area contributed by atoms with Gasteiger partial charge in [-0.15, -0.1) is 10.2 Å².